The summed E-state index contributed by atoms with van der Waals surface area (Å²) in [5, 5.41) is 14.5. The zero-order chi connectivity index (χ0) is 21.3. The van der Waals surface area contributed by atoms with Crippen LogP contribution in [0.2, 0.25) is 0 Å². The molecule has 5 heteroatoms. The van der Waals surface area contributed by atoms with E-state index in [0.29, 0.717) is 11.7 Å². The second-order valence-electron chi connectivity index (χ2n) is 7.74. The van der Waals surface area contributed by atoms with Crippen molar-refractivity contribution in [3.8, 4) is 0 Å². The molecule has 0 aliphatic carbocycles. The van der Waals surface area contributed by atoms with Crippen molar-refractivity contribution in [3.05, 3.63) is 88.7 Å². The number of aryl methyl sites for hydroxylation is 3. The summed E-state index contributed by atoms with van der Waals surface area (Å²) in [6.07, 6.45) is 0. The molecule has 0 spiro atoms. The van der Waals surface area contributed by atoms with E-state index in [1.807, 2.05) is 11.6 Å². The first-order valence-corrected chi connectivity index (χ1v) is 10.5. The van der Waals surface area contributed by atoms with Crippen molar-refractivity contribution < 1.29 is 0 Å². The highest BCUT2D eigenvalue weighted by Crippen LogP contribution is 2.24. The fraction of sp³-hybridized carbons (Fsp3) is 0.200. The third-order valence-corrected chi connectivity index (χ3v) is 5.67. The van der Waals surface area contributed by atoms with Gasteiger partial charge in [0.25, 0.3) is 0 Å². The number of rotatable bonds is 4. The van der Waals surface area contributed by atoms with Gasteiger partial charge < -0.3 is 10.6 Å². The van der Waals surface area contributed by atoms with Crippen molar-refractivity contribution >= 4 is 39.5 Å². The van der Waals surface area contributed by atoms with Gasteiger partial charge in [-0.2, -0.15) is 5.10 Å². The van der Waals surface area contributed by atoms with Gasteiger partial charge >= 0.3 is 0 Å². The second-order valence-corrected chi connectivity index (χ2v) is 8.15. The molecule has 0 fully saturated rings. The van der Waals surface area contributed by atoms with Crippen molar-refractivity contribution in [2.45, 2.75) is 34.2 Å². The second kappa shape index (κ2) is 8.28. The first-order valence-electron chi connectivity index (χ1n) is 10.1. The van der Waals surface area contributed by atoms with Gasteiger partial charge in [-0.05, 0) is 73.4 Å². The van der Waals surface area contributed by atoms with Crippen LogP contribution in [0, 0.1) is 27.7 Å². The molecule has 1 aromatic heterocycles. The molecule has 0 unspecified atom stereocenters. The van der Waals surface area contributed by atoms with E-state index in [1.54, 1.807) is 0 Å². The van der Waals surface area contributed by atoms with E-state index in [-0.39, 0.29) is 0 Å². The van der Waals surface area contributed by atoms with Gasteiger partial charge in [-0.3, -0.25) is 4.68 Å². The Morgan fingerprint density at radius 2 is 1.70 bits per heavy atom. The Kier molecular flexibility index (Phi) is 5.55. The summed E-state index contributed by atoms with van der Waals surface area (Å²) in [4.78, 5) is 0. The summed E-state index contributed by atoms with van der Waals surface area (Å²) in [5.74, 6) is 0. The molecular weight excluding hydrogens is 388 g/mol. The molecule has 2 N–H and O–H groups in total. The Labute approximate surface area is 182 Å². The predicted octanol–water partition coefficient (Wildman–Crippen LogP) is 6.13. The van der Waals surface area contributed by atoms with Crippen LogP contribution in [0.1, 0.15) is 28.1 Å². The third-order valence-electron chi connectivity index (χ3n) is 5.46. The van der Waals surface area contributed by atoms with Crippen molar-refractivity contribution in [2.24, 2.45) is 0 Å². The molecule has 1 heterocycles. The van der Waals surface area contributed by atoms with E-state index in [4.69, 9.17) is 17.3 Å². The highest BCUT2D eigenvalue weighted by atomic mass is 32.1. The summed E-state index contributed by atoms with van der Waals surface area (Å²) < 4.78 is 2.04. The molecule has 0 radical (unpaired) electrons. The molecule has 30 heavy (non-hydrogen) atoms. The van der Waals surface area contributed by atoms with Crippen LogP contribution in [0.25, 0.3) is 10.8 Å². The van der Waals surface area contributed by atoms with Crippen LogP contribution in [-0.2, 0) is 6.54 Å². The Morgan fingerprint density at radius 3 is 2.53 bits per heavy atom. The van der Waals surface area contributed by atoms with Crippen LogP contribution in [0.4, 0.5) is 11.4 Å². The number of benzene rings is 3. The van der Waals surface area contributed by atoms with Gasteiger partial charge in [-0.1, -0.05) is 54.6 Å². The number of anilines is 2. The van der Waals surface area contributed by atoms with Gasteiger partial charge in [0.1, 0.15) is 0 Å². The Balaban J connectivity index is 1.56. The minimum absolute atomic E-state index is 0.569. The maximum absolute atomic E-state index is 5.58. The Bertz CT molecular complexity index is 1230. The minimum Gasteiger partial charge on any atom is -0.332 e. The monoisotopic (exact) mass is 414 g/mol. The molecule has 0 bridgehead atoms. The average Bonchev–Trinajstić information content (AvgIpc) is 2.98. The van der Waals surface area contributed by atoms with Crippen LogP contribution in [-0.4, -0.2) is 14.9 Å². The molecule has 0 aliphatic rings. The summed E-state index contributed by atoms with van der Waals surface area (Å²) in [6, 6.07) is 21.2. The molecule has 3 aromatic carbocycles. The lowest BCUT2D eigenvalue weighted by atomic mass is 10.0. The zero-order valence-electron chi connectivity index (χ0n) is 17.8. The lowest BCUT2D eigenvalue weighted by molar-refractivity contribution is 0.662. The topological polar surface area (TPSA) is 41.9 Å². The standard InChI is InChI=1S/C25H26N4S/c1-16-12-13-17(2)23(14-16)26-25(30)27-24-18(3)28-29(19(24)4)15-21-10-7-9-20-8-5-6-11-22(20)21/h5-14H,15H2,1-4H3,(H2,26,27,30). The highest BCUT2D eigenvalue weighted by molar-refractivity contribution is 7.80. The molecular formula is C25H26N4S. The smallest absolute Gasteiger partial charge is 0.175 e. The van der Waals surface area contributed by atoms with E-state index in [0.717, 1.165) is 28.3 Å². The maximum atomic E-state index is 5.58. The Hall–Kier alpha value is -3.18. The Morgan fingerprint density at radius 1 is 0.933 bits per heavy atom. The lowest BCUT2D eigenvalue weighted by Crippen LogP contribution is -2.20. The van der Waals surface area contributed by atoms with Crippen LogP contribution in [0.5, 0.6) is 0 Å². The quantitative estimate of drug-likeness (QED) is 0.394. The predicted molar refractivity (Wildman–Crippen MR) is 131 cm³/mol. The van der Waals surface area contributed by atoms with Crippen molar-refractivity contribution in [1.29, 1.82) is 0 Å². The summed E-state index contributed by atoms with van der Waals surface area (Å²) in [5.41, 5.74) is 7.57. The van der Waals surface area contributed by atoms with Gasteiger partial charge in [-0.15, -0.1) is 0 Å². The number of nitrogens with one attached hydrogen (secondary N) is 2. The average molecular weight is 415 g/mol. The van der Waals surface area contributed by atoms with Crippen molar-refractivity contribution in [1.82, 2.24) is 9.78 Å². The fourth-order valence-corrected chi connectivity index (χ4v) is 3.97. The summed E-state index contributed by atoms with van der Waals surface area (Å²) in [7, 11) is 0. The normalized spacial score (nSPS) is 10.9. The fourth-order valence-electron chi connectivity index (χ4n) is 3.76. The molecule has 0 saturated carbocycles. The molecule has 0 aliphatic heterocycles. The van der Waals surface area contributed by atoms with Gasteiger partial charge in [0.2, 0.25) is 0 Å². The number of thiocarbonyl (C=S) groups is 1. The van der Waals surface area contributed by atoms with Gasteiger partial charge in [0.15, 0.2) is 5.11 Å². The van der Waals surface area contributed by atoms with Crippen LogP contribution in [0.3, 0.4) is 0 Å². The third kappa shape index (κ3) is 4.07. The first-order chi connectivity index (χ1) is 14.4. The maximum Gasteiger partial charge on any atom is 0.175 e. The largest absolute Gasteiger partial charge is 0.332 e. The van der Waals surface area contributed by atoms with E-state index >= 15 is 0 Å². The lowest BCUT2D eigenvalue weighted by Gasteiger charge is -2.14. The molecule has 4 nitrogen and oxygen atoms in total. The number of fused-ring (bicyclic) bond motifs is 1. The molecule has 0 atom stereocenters. The number of hydrogen-bond donors (Lipinski definition) is 2. The van der Waals surface area contributed by atoms with Crippen LogP contribution in [0.15, 0.2) is 60.7 Å². The summed E-state index contributed by atoms with van der Waals surface area (Å²) >= 11 is 5.58. The molecule has 4 rings (SSSR count). The molecule has 0 saturated heterocycles. The van der Waals surface area contributed by atoms with Crippen molar-refractivity contribution in [2.75, 3.05) is 10.6 Å². The number of aromatic nitrogens is 2. The highest BCUT2D eigenvalue weighted by Gasteiger charge is 2.14. The van der Waals surface area contributed by atoms with E-state index in [2.05, 4.69) is 92.1 Å². The zero-order valence-corrected chi connectivity index (χ0v) is 18.6. The van der Waals surface area contributed by atoms with Crippen LogP contribution >= 0.6 is 12.2 Å². The van der Waals surface area contributed by atoms with Gasteiger partial charge in [0, 0.05) is 5.69 Å². The van der Waals surface area contributed by atoms with E-state index in [1.165, 1.54) is 21.9 Å². The molecule has 0 amide bonds. The summed E-state index contributed by atoms with van der Waals surface area (Å²) in [6.45, 7) is 8.95. The van der Waals surface area contributed by atoms with Crippen LogP contribution < -0.4 is 10.6 Å². The minimum atomic E-state index is 0.569. The van der Waals surface area contributed by atoms with Crippen molar-refractivity contribution in [3.63, 3.8) is 0 Å². The molecule has 152 valence electrons. The first kappa shape index (κ1) is 20.1. The van der Waals surface area contributed by atoms with Gasteiger partial charge in [0.05, 0.1) is 23.6 Å². The number of hydrogen-bond acceptors (Lipinski definition) is 2. The SMILES string of the molecule is Cc1ccc(C)c(NC(=S)Nc2c(C)nn(Cc3cccc4ccccc34)c2C)c1. The number of nitrogens with zero attached hydrogens (tertiary/aromatic N) is 2. The van der Waals surface area contributed by atoms with E-state index < -0.39 is 0 Å². The van der Waals surface area contributed by atoms with Gasteiger partial charge in [-0.25, -0.2) is 0 Å². The van der Waals surface area contributed by atoms with E-state index in [9.17, 15) is 0 Å². The molecule has 4 aromatic rings.